The van der Waals surface area contributed by atoms with Gasteiger partial charge in [-0.15, -0.1) is 11.3 Å². The van der Waals surface area contributed by atoms with Crippen molar-refractivity contribution in [2.24, 2.45) is 0 Å². The van der Waals surface area contributed by atoms with Gasteiger partial charge < -0.3 is 14.2 Å². The van der Waals surface area contributed by atoms with Crippen LogP contribution in [0.3, 0.4) is 0 Å². The Morgan fingerprint density at radius 1 is 0.968 bits per heavy atom. The van der Waals surface area contributed by atoms with E-state index in [1.807, 2.05) is 32.2 Å². The van der Waals surface area contributed by atoms with Crippen molar-refractivity contribution in [3.63, 3.8) is 0 Å². The number of hydrogen-bond acceptors (Lipinski definition) is 6. The molecule has 0 fully saturated rings. The maximum atomic E-state index is 12.9. The van der Waals surface area contributed by atoms with Crippen LogP contribution in [0.2, 0.25) is 10.0 Å². The molecule has 0 spiro atoms. The fourth-order valence-electron chi connectivity index (χ4n) is 2.81. The Labute approximate surface area is 195 Å². The first-order valence-corrected chi connectivity index (χ1v) is 11.4. The number of carbonyl (C=O) groups excluding carboxylic acids is 1. The van der Waals surface area contributed by atoms with Gasteiger partial charge in [0.05, 0.1) is 35.6 Å². The van der Waals surface area contributed by atoms with Crippen molar-refractivity contribution < 1.29 is 19.0 Å². The van der Waals surface area contributed by atoms with Gasteiger partial charge in [-0.2, -0.15) is 0 Å². The zero-order valence-corrected chi connectivity index (χ0v) is 19.7. The normalized spacial score (nSPS) is 10.6. The van der Waals surface area contributed by atoms with E-state index in [1.54, 1.807) is 24.3 Å². The minimum Gasteiger partial charge on any atom is -0.490 e. The fourth-order valence-corrected chi connectivity index (χ4v) is 3.82. The van der Waals surface area contributed by atoms with Gasteiger partial charge in [-0.1, -0.05) is 29.3 Å². The number of carbonyl (C=O) groups is 1. The van der Waals surface area contributed by atoms with Gasteiger partial charge in [0, 0.05) is 16.5 Å². The van der Waals surface area contributed by atoms with E-state index >= 15 is 0 Å². The summed E-state index contributed by atoms with van der Waals surface area (Å²) in [5, 5.41) is 6.03. The molecule has 1 aromatic heterocycles. The van der Waals surface area contributed by atoms with E-state index < -0.39 is 0 Å². The summed E-state index contributed by atoms with van der Waals surface area (Å²) in [5.41, 5.74) is 1.88. The monoisotopic (exact) mass is 480 g/mol. The molecule has 6 nitrogen and oxygen atoms in total. The molecule has 0 aliphatic carbocycles. The molecular formula is C22H22Cl2N2O4S. The average molecular weight is 481 g/mol. The Morgan fingerprint density at radius 3 is 2.19 bits per heavy atom. The standard InChI is InChI=1S/C22H22Cl2N2O4S/c1-4-28-18-10-14(11-19(29-5-2)20(18)30-6-3)21(27)26-22-25-17(12-31-22)13-7-8-15(23)16(24)9-13/h7-12H,4-6H2,1-3H3,(H,25,26,27). The molecule has 0 bridgehead atoms. The summed E-state index contributed by atoms with van der Waals surface area (Å²) in [6.45, 7) is 6.90. The minimum absolute atomic E-state index is 0.333. The Balaban J connectivity index is 1.86. The number of thiazole rings is 1. The number of anilines is 1. The quantitative estimate of drug-likeness (QED) is 0.375. The molecule has 0 aliphatic rings. The van der Waals surface area contributed by atoms with E-state index in [1.165, 1.54) is 11.3 Å². The molecule has 1 N–H and O–H groups in total. The van der Waals surface area contributed by atoms with Crippen LogP contribution in [0.15, 0.2) is 35.7 Å². The molecule has 0 aliphatic heterocycles. The van der Waals surface area contributed by atoms with Gasteiger partial charge in [0.15, 0.2) is 16.6 Å². The number of benzene rings is 2. The summed E-state index contributed by atoms with van der Waals surface area (Å²) in [5.74, 6) is 1.06. The predicted molar refractivity (Wildman–Crippen MR) is 125 cm³/mol. The molecule has 0 saturated heterocycles. The van der Waals surface area contributed by atoms with Gasteiger partial charge in [0.2, 0.25) is 5.75 Å². The summed E-state index contributed by atoms with van der Waals surface area (Å²) >= 11 is 13.4. The number of nitrogens with one attached hydrogen (secondary N) is 1. The van der Waals surface area contributed by atoms with Crippen molar-refractivity contribution in [1.82, 2.24) is 4.98 Å². The number of rotatable bonds is 9. The molecule has 3 rings (SSSR count). The minimum atomic E-state index is -0.333. The van der Waals surface area contributed by atoms with Gasteiger partial charge in [-0.25, -0.2) is 4.98 Å². The molecule has 9 heteroatoms. The van der Waals surface area contributed by atoms with Gasteiger partial charge in [-0.3, -0.25) is 10.1 Å². The summed E-state index contributed by atoms with van der Waals surface area (Å²) in [6.07, 6.45) is 0. The summed E-state index contributed by atoms with van der Waals surface area (Å²) in [6, 6.07) is 8.55. The maximum absolute atomic E-state index is 12.9. The van der Waals surface area contributed by atoms with Gasteiger partial charge in [0.25, 0.3) is 5.91 Å². The van der Waals surface area contributed by atoms with E-state index in [9.17, 15) is 4.79 Å². The summed E-state index contributed by atoms with van der Waals surface area (Å²) in [7, 11) is 0. The van der Waals surface area contributed by atoms with E-state index in [4.69, 9.17) is 37.4 Å². The highest BCUT2D eigenvalue weighted by atomic mass is 35.5. The third-order valence-electron chi connectivity index (χ3n) is 4.11. The van der Waals surface area contributed by atoms with Crippen molar-refractivity contribution in [3.05, 3.63) is 51.3 Å². The first-order chi connectivity index (χ1) is 15.0. The van der Waals surface area contributed by atoms with Crippen LogP contribution in [-0.2, 0) is 0 Å². The third-order valence-corrected chi connectivity index (χ3v) is 5.61. The topological polar surface area (TPSA) is 69.7 Å². The maximum Gasteiger partial charge on any atom is 0.257 e. The van der Waals surface area contributed by atoms with Gasteiger partial charge in [0.1, 0.15) is 0 Å². The second-order valence-electron chi connectivity index (χ2n) is 6.22. The van der Waals surface area contributed by atoms with E-state index in [0.717, 1.165) is 5.56 Å². The number of halogens is 2. The molecule has 31 heavy (non-hydrogen) atoms. The highest BCUT2D eigenvalue weighted by molar-refractivity contribution is 7.14. The first-order valence-electron chi connectivity index (χ1n) is 9.75. The van der Waals surface area contributed by atoms with Crippen LogP contribution < -0.4 is 19.5 Å². The average Bonchev–Trinajstić information content (AvgIpc) is 3.21. The Bertz CT molecular complexity index is 1040. The molecule has 0 atom stereocenters. The van der Waals surface area contributed by atoms with Crippen LogP contribution in [0, 0.1) is 0 Å². The number of ether oxygens (including phenoxy) is 3. The zero-order valence-electron chi connectivity index (χ0n) is 17.3. The Hall–Kier alpha value is -2.48. The Morgan fingerprint density at radius 2 is 1.61 bits per heavy atom. The lowest BCUT2D eigenvalue weighted by Gasteiger charge is -2.16. The lowest BCUT2D eigenvalue weighted by molar-refractivity contribution is 0.102. The van der Waals surface area contributed by atoms with Crippen LogP contribution in [0.4, 0.5) is 5.13 Å². The molecule has 0 unspecified atom stereocenters. The highest BCUT2D eigenvalue weighted by Gasteiger charge is 2.19. The van der Waals surface area contributed by atoms with Crippen molar-refractivity contribution in [2.75, 3.05) is 25.1 Å². The molecular weight excluding hydrogens is 459 g/mol. The summed E-state index contributed by atoms with van der Waals surface area (Å²) < 4.78 is 17.0. The molecule has 3 aromatic rings. The van der Waals surface area contributed by atoms with E-state index in [0.29, 0.717) is 63.5 Å². The lowest BCUT2D eigenvalue weighted by Crippen LogP contribution is -2.13. The second-order valence-corrected chi connectivity index (χ2v) is 7.89. The largest absolute Gasteiger partial charge is 0.490 e. The van der Waals surface area contributed by atoms with Crippen molar-refractivity contribution in [2.45, 2.75) is 20.8 Å². The van der Waals surface area contributed by atoms with Crippen LogP contribution in [0.25, 0.3) is 11.3 Å². The smallest absolute Gasteiger partial charge is 0.257 e. The number of amides is 1. The number of aromatic nitrogens is 1. The van der Waals surface area contributed by atoms with Gasteiger partial charge >= 0.3 is 0 Å². The van der Waals surface area contributed by atoms with E-state index in [2.05, 4.69) is 10.3 Å². The van der Waals surface area contributed by atoms with Crippen LogP contribution >= 0.6 is 34.5 Å². The highest BCUT2D eigenvalue weighted by Crippen LogP contribution is 2.39. The van der Waals surface area contributed by atoms with Crippen LogP contribution in [0.5, 0.6) is 17.2 Å². The van der Waals surface area contributed by atoms with Crippen molar-refractivity contribution >= 4 is 45.6 Å². The van der Waals surface area contributed by atoms with Crippen LogP contribution in [0.1, 0.15) is 31.1 Å². The van der Waals surface area contributed by atoms with Gasteiger partial charge in [-0.05, 0) is 45.0 Å². The molecule has 0 radical (unpaired) electrons. The molecule has 0 saturated carbocycles. The molecule has 164 valence electrons. The number of nitrogens with zero attached hydrogens (tertiary/aromatic N) is 1. The lowest BCUT2D eigenvalue weighted by atomic mass is 10.1. The third kappa shape index (κ3) is 5.61. The zero-order chi connectivity index (χ0) is 22.4. The molecule has 1 amide bonds. The Kier molecular flexibility index (Phi) is 8.01. The fraction of sp³-hybridized carbons (Fsp3) is 0.273. The van der Waals surface area contributed by atoms with Crippen molar-refractivity contribution in [1.29, 1.82) is 0 Å². The number of hydrogen-bond donors (Lipinski definition) is 1. The first kappa shape index (κ1) is 23.2. The molecule has 2 aromatic carbocycles. The predicted octanol–water partition coefficient (Wildman–Crippen LogP) is 6.57. The molecule has 1 heterocycles. The van der Waals surface area contributed by atoms with Crippen molar-refractivity contribution in [3.8, 4) is 28.5 Å². The second kappa shape index (κ2) is 10.7. The van der Waals surface area contributed by atoms with E-state index in [-0.39, 0.29) is 5.91 Å². The summed E-state index contributed by atoms with van der Waals surface area (Å²) in [4.78, 5) is 17.4. The SMILES string of the molecule is CCOc1cc(C(=O)Nc2nc(-c3ccc(Cl)c(Cl)c3)cs2)cc(OCC)c1OCC. The van der Waals surface area contributed by atoms with Crippen LogP contribution in [-0.4, -0.2) is 30.7 Å².